The predicted molar refractivity (Wildman–Crippen MR) is 100 cm³/mol. The zero-order valence-corrected chi connectivity index (χ0v) is 15.8. The highest BCUT2D eigenvalue weighted by Crippen LogP contribution is 2.29. The van der Waals surface area contributed by atoms with Crippen molar-refractivity contribution in [1.82, 2.24) is 34.7 Å². The molecule has 0 aliphatic carbocycles. The second kappa shape index (κ2) is 7.11. The number of rotatable bonds is 5. The van der Waals surface area contributed by atoms with E-state index < -0.39 is 0 Å². The van der Waals surface area contributed by atoms with Crippen LogP contribution in [0.2, 0.25) is 5.02 Å². The Morgan fingerprint density at radius 3 is 2.65 bits per heavy atom. The van der Waals surface area contributed by atoms with Gasteiger partial charge in [-0.3, -0.25) is 14.3 Å². The standard InChI is InChI=1S/C17H23ClN8/c1-12(2)10-25-16(13-7-19-20-8-13)22-23-17(25)24-5-3-15(4-6-24)26-11-14(18)9-21-26/h7-9,11-12,15H,3-6,10H2,1-2H3,(H,19,20). The summed E-state index contributed by atoms with van der Waals surface area (Å²) in [5.41, 5.74) is 0.963. The SMILES string of the molecule is CC(C)Cn1c(-c2cn[nH]c2)nnc1N1CCC(n2cc(Cl)cn2)CC1. The van der Waals surface area contributed by atoms with Crippen molar-refractivity contribution in [3.05, 3.63) is 29.8 Å². The molecular formula is C17H23ClN8. The van der Waals surface area contributed by atoms with Crippen molar-refractivity contribution in [1.29, 1.82) is 0 Å². The minimum atomic E-state index is 0.383. The van der Waals surface area contributed by atoms with Crippen LogP contribution in [-0.4, -0.2) is 47.8 Å². The van der Waals surface area contributed by atoms with Crippen LogP contribution in [0.1, 0.15) is 32.7 Å². The third-order valence-electron chi connectivity index (χ3n) is 4.73. The van der Waals surface area contributed by atoms with Crippen LogP contribution < -0.4 is 4.90 Å². The van der Waals surface area contributed by atoms with Crippen molar-refractivity contribution in [3.8, 4) is 11.4 Å². The number of anilines is 1. The highest BCUT2D eigenvalue weighted by atomic mass is 35.5. The van der Waals surface area contributed by atoms with Crippen LogP contribution in [0.3, 0.4) is 0 Å². The molecule has 0 radical (unpaired) electrons. The number of nitrogens with one attached hydrogen (secondary N) is 1. The van der Waals surface area contributed by atoms with Gasteiger partial charge < -0.3 is 4.90 Å². The van der Waals surface area contributed by atoms with Crippen molar-refractivity contribution in [2.45, 2.75) is 39.3 Å². The highest BCUT2D eigenvalue weighted by molar-refractivity contribution is 6.30. The fourth-order valence-corrected chi connectivity index (χ4v) is 3.64. The number of nitrogens with zero attached hydrogens (tertiary/aromatic N) is 7. The van der Waals surface area contributed by atoms with Crippen molar-refractivity contribution >= 4 is 17.5 Å². The molecule has 9 heteroatoms. The highest BCUT2D eigenvalue weighted by Gasteiger charge is 2.26. The number of hydrogen-bond acceptors (Lipinski definition) is 5. The zero-order valence-electron chi connectivity index (χ0n) is 15.0. The van der Waals surface area contributed by atoms with E-state index in [0.29, 0.717) is 17.0 Å². The van der Waals surface area contributed by atoms with Crippen LogP contribution in [0.15, 0.2) is 24.8 Å². The predicted octanol–water partition coefficient (Wildman–Crippen LogP) is 3.02. The topological polar surface area (TPSA) is 80.5 Å². The van der Waals surface area contributed by atoms with E-state index in [1.807, 2.05) is 17.1 Å². The van der Waals surface area contributed by atoms with E-state index in [-0.39, 0.29) is 0 Å². The summed E-state index contributed by atoms with van der Waals surface area (Å²) in [6.45, 7) is 7.12. The van der Waals surface area contributed by atoms with Crippen LogP contribution in [0, 0.1) is 5.92 Å². The van der Waals surface area contributed by atoms with E-state index in [4.69, 9.17) is 11.6 Å². The Morgan fingerprint density at radius 1 is 1.23 bits per heavy atom. The van der Waals surface area contributed by atoms with Crippen LogP contribution in [0.25, 0.3) is 11.4 Å². The Bertz CT molecular complexity index is 842. The van der Waals surface area contributed by atoms with E-state index in [1.54, 1.807) is 12.4 Å². The molecule has 1 aliphatic rings. The van der Waals surface area contributed by atoms with Gasteiger partial charge >= 0.3 is 0 Å². The van der Waals surface area contributed by atoms with Gasteiger partial charge in [-0.15, -0.1) is 10.2 Å². The van der Waals surface area contributed by atoms with Gasteiger partial charge in [0.05, 0.1) is 29.0 Å². The zero-order chi connectivity index (χ0) is 18.1. The monoisotopic (exact) mass is 374 g/mol. The molecule has 0 atom stereocenters. The first-order valence-electron chi connectivity index (χ1n) is 8.98. The maximum atomic E-state index is 6.00. The molecule has 3 aromatic rings. The molecule has 0 saturated carbocycles. The molecule has 0 spiro atoms. The normalized spacial score (nSPS) is 15.9. The first kappa shape index (κ1) is 17.1. The molecule has 1 saturated heterocycles. The lowest BCUT2D eigenvalue weighted by Crippen LogP contribution is -2.36. The fraction of sp³-hybridized carbons (Fsp3) is 0.529. The molecule has 0 amide bonds. The Labute approximate surface area is 157 Å². The molecule has 8 nitrogen and oxygen atoms in total. The molecule has 0 bridgehead atoms. The van der Waals surface area contributed by atoms with Gasteiger partial charge in [-0.1, -0.05) is 25.4 Å². The van der Waals surface area contributed by atoms with Gasteiger partial charge in [0.25, 0.3) is 0 Å². The van der Waals surface area contributed by atoms with Crippen LogP contribution >= 0.6 is 11.6 Å². The number of aromatic amines is 1. The fourth-order valence-electron chi connectivity index (χ4n) is 3.49. The summed E-state index contributed by atoms with van der Waals surface area (Å²) in [6.07, 6.45) is 9.27. The van der Waals surface area contributed by atoms with Gasteiger partial charge in [0.15, 0.2) is 5.82 Å². The van der Waals surface area contributed by atoms with Gasteiger partial charge in [0.2, 0.25) is 5.95 Å². The van der Waals surface area contributed by atoms with E-state index in [0.717, 1.165) is 49.8 Å². The van der Waals surface area contributed by atoms with Gasteiger partial charge in [-0.25, -0.2) is 0 Å². The van der Waals surface area contributed by atoms with E-state index in [2.05, 4.69) is 48.8 Å². The summed E-state index contributed by atoms with van der Waals surface area (Å²) in [6, 6.07) is 0.383. The Kier molecular flexibility index (Phi) is 4.67. The molecule has 4 heterocycles. The van der Waals surface area contributed by atoms with Gasteiger partial charge in [0.1, 0.15) is 0 Å². The summed E-state index contributed by atoms with van der Waals surface area (Å²) in [5, 5.41) is 20.9. The maximum Gasteiger partial charge on any atom is 0.227 e. The first-order valence-corrected chi connectivity index (χ1v) is 9.36. The van der Waals surface area contributed by atoms with Crippen molar-refractivity contribution in [2.24, 2.45) is 5.92 Å². The lowest BCUT2D eigenvalue weighted by molar-refractivity contribution is 0.362. The lowest BCUT2D eigenvalue weighted by Gasteiger charge is -2.33. The molecule has 1 fully saturated rings. The lowest BCUT2D eigenvalue weighted by atomic mass is 10.1. The molecule has 26 heavy (non-hydrogen) atoms. The van der Waals surface area contributed by atoms with Crippen molar-refractivity contribution in [2.75, 3.05) is 18.0 Å². The first-order chi connectivity index (χ1) is 12.6. The van der Waals surface area contributed by atoms with Crippen molar-refractivity contribution in [3.63, 3.8) is 0 Å². The average Bonchev–Trinajstić information content (AvgIpc) is 3.35. The van der Waals surface area contributed by atoms with Gasteiger partial charge in [0, 0.05) is 32.0 Å². The summed E-state index contributed by atoms with van der Waals surface area (Å²) >= 11 is 6.00. The Balaban J connectivity index is 1.54. The Hall–Kier alpha value is -2.35. The molecule has 4 rings (SSSR count). The number of halogens is 1. The van der Waals surface area contributed by atoms with Gasteiger partial charge in [-0.2, -0.15) is 10.2 Å². The molecule has 1 N–H and O–H groups in total. The van der Waals surface area contributed by atoms with Crippen LogP contribution in [-0.2, 0) is 6.54 Å². The number of aromatic nitrogens is 7. The molecule has 0 unspecified atom stereocenters. The summed E-state index contributed by atoms with van der Waals surface area (Å²) < 4.78 is 4.19. The van der Waals surface area contributed by atoms with E-state index >= 15 is 0 Å². The summed E-state index contributed by atoms with van der Waals surface area (Å²) in [5.74, 6) is 2.30. The van der Waals surface area contributed by atoms with Gasteiger partial charge in [-0.05, 0) is 18.8 Å². The van der Waals surface area contributed by atoms with Crippen LogP contribution in [0.4, 0.5) is 5.95 Å². The molecule has 3 aromatic heterocycles. The smallest absolute Gasteiger partial charge is 0.227 e. The maximum absolute atomic E-state index is 6.00. The van der Waals surface area contributed by atoms with Crippen LogP contribution in [0.5, 0.6) is 0 Å². The minimum Gasteiger partial charge on any atom is -0.341 e. The average molecular weight is 375 g/mol. The third kappa shape index (κ3) is 3.33. The molecular weight excluding hydrogens is 352 g/mol. The number of piperidine rings is 1. The summed E-state index contributed by atoms with van der Waals surface area (Å²) in [4.78, 5) is 2.32. The van der Waals surface area contributed by atoms with Crippen molar-refractivity contribution < 1.29 is 0 Å². The molecule has 0 aromatic carbocycles. The number of H-pyrrole nitrogens is 1. The second-order valence-corrected chi connectivity index (χ2v) is 7.61. The molecule has 1 aliphatic heterocycles. The largest absolute Gasteiger partial charge is 0.341 e. The minimum absolute atomic E-state index is 0.383. The van der Waals surface area contributed by atoms with E-state index in [1.165, 1.54) is 0 Å². The quantitative estimate of drug-likeness (QED) is 0.742. The Morgan fingerprint density at radius 2 is 2.04 bits per heavy atom. The number of hydrogen-bond donors (Lipinski definition) is 1. The molecule has 138 valence electrons. The third-order valence-corrected chi connectivity index (χ3v) is 4.92. The summed E-state index contributed by atoms with van der Waals surface area (Å²) in [7, 11) is 0. The van der Waals surface area contributed by atoms with E-state index in [9.17, 15) is 0 Å². The second-order valence-electron chi connectivity index (χ2n) is 7.17.